The summed E-state index contributed by atoms with van der Waals surface area (Å²) in [5.41, 5.74) is 1.98. The van der Waals surface area contributed by atoms with E-state index < -0.39 is 0 Å². The Morgan fingerprint density at radius 3 is 2.44 bits per heavy atom. The van der Waals surface area contributed by atoms with Gasteiger partial charge in [-0.3, -0.25) is 4.90 Å². The van der Waals surface area contributed by atoms with Gasteiger partial charge in [-0.05, 0) is 36.4 Å². The van der Waals surface area contributed by atoms with E-state index in [4.69, 9.17) is 20.8 Å². The molecule has 1 aliphatic heterocycles. The molecule has 0 aliphatic carbocycles. The van der Waals surface area contributed by atoms with Gasteiger partial charge >= 0.3 is 0 Å². The quantitative estimate of drug-likeness (QED) is 0.668. The largest absolute Gasteiger partial charge is 0.497 e. The molecule has 1 aliphatic rings. The second-order valence-corrected chi connectivity index (χ2v) is 6.85. The van der Waals surface area contributed by atoms with Crippen LogP contribution in [0.5, 0.6) is 5.75 Å². The highest BCUT2D eigenvalue weighted by Gasteiger charge is 2.20. The van der Waals surface area contributed by atoms with Crippen LogP contribution in [0.2, 0.25) is 5.02 Å². The molecule has 1 saturated heterocycles. The second kappa shape index (κ2) is 7.98. The Hall–Kier alpha value is -2.57. The molecular weight excluding hydrogens is 364 g/mol. The number of benzene rings is 2. The van der Waals surface area contributed by atoms with Crippen molar-refractivity contribution >= 4 is 17.3 Å². The first-order chi connectivity index (χ1) is 13.2. The number of halogens is 1. The molecule has 0 unspecified atom stereocenters. The van der Waals surface area contributed by atoms with E-state index in [1.165, 1.54) is 5.69 Å². The van der Waals surface area contributed by atoms with Gasteiger partial charge < -0.3 is 14.1 Å². The number of hydrogen-bond donors (Lipinski definition) is 0. The van der Waals surface area contributed by atoms with Gasteiger partial charge in [0.15, 0.2) is 0 Å². The predicted molar refractivity (Wildman–Crippen MR) is 105 cm³/mol. The van der Waals surface area contributed by atoms with Crippen LogP contribution in [-0.4, -0.2) is 48.4 Å². The van der Waals surface area contributed by atoms with Gasteiger partial charge in [0.1, 0.15) is 5.75 Å². The van der Waals surface area contributed by atoms with Gasteiger partial charge in [-0.2, -0.15) is 0 Å². The normalized spacial score (nSPS) is 15.1. The average molecular weight is 385 g/mol. The SMILES string of the molecule is COc1ccc(N2CCN(Cc3nnc(-c4ccccc4Cl)o3)CC2)cc1. The van der Waals surface area contributed by atoms with Crippen molar-refractivity contribution in [2.75, 3.05) is 38.2 Å². The number of anilines is 1. The first-order valence-electron chi connectivity index (χ1n) is 8.91. The molecule has 140 valence electrons. The lowest BCUT2D eigenvalue weighted by atomic mass is 10.2. The third kappa shape index (κ3) is 4.07. The van der Waals surface area contributed by atoms with Gasteiger partial charge in [0, 0.05) is 31.9 Å². The third-order valence-electron chi connectivity index (χ3n) is 4.74. The summed E-state index contributed by atoms with van der Waals surface area (Å²) in [5, 5.41) is 8.93. The van der Waals surface area contributed by atoms with Crippen LogP contribution in [0.1, 0.15) is 5.89 Å². The van der Waals surface area contributed by atoms with Crippen molar-refractivity contribution in [3.05, 3.63) is 59.4 Å². The van der Waals surface area contributed by atoms with E-state index in [1.807, 2.05) is 36.4 Å². The zero-order valence-corrected chi connectivity index (χ0v) is 15.9. The molecule has 2 heterocycles. The summed E-state index contributed by atoms with van der Waals surface area (Å²) < 4.78 is 11.0. The third-order valence-corrected chi connectivity index (χ3v) is 5.07. The maximum absolute atomic E-state index is 6.20. The van der Waals surface area contributed by atoms with E-state index in [2.05, 4.69) is 32.1 Å². The molecular formula is C20H21ClN4O2. The molecule has 0 amide bonds. The van der Waals surface area contributed by atoms with E-state index in [0.29, 0.717) is 23.3 Å². The monoisotopic (exact) mass is 384 g/mol. The Balaban J connectivity index is 1.35. The summed E-state index contributed by atoms with van der Waals surface area (Å²) in [6.07, 6.45) is 0. The predicted octanol–water partition coefficient (Wildman–Crippen LogP) is 3.72. The van der Waals surface area contributed by atoms with Gasteiger partial charge in [-0.25, -0.2) is 0 Å². The number of nitrogens with zero attached hydrogens (tertiary/aromatic N) is 4. The van der Waals surface area contributed by atoms with Gasteiger partial charge in [-0.1, -0.05) is 23.7 Å². The number of hydrogen-bond acceptors (Lipinski definition) is 6. The average Bonchev–Trinajstić information content (AvgIpc) is 3.17. The molecule has 2 aromatic carbocycles. The van der Waals surface area contributed by atoms with E-state index >= 15 is 0 Å². The van der Waals surface area contributed by atoms with Crippen molar-refractivity contribution in [1.82, 2.24) is 15.1 Å². The topological polar surface area (TPSA) is 54.6 Å². The molecule has 0 atom stereocenters. The summed E-state index contributed by atoms with van der Waals surface area (Å²) in [6, 6.07) is 15.7. The van der Waals surface area contributed by atoms with Crippen molar-refractivity contribution in [2.45, 2.75) is 6.54 Å². The number of ether oxygens (including phenoxy) is 1. The summed E-state index contributed by atoms with van der Waals surface area (Å²) in [7, 11) is 1.68. The van der Waals surface area contributed by atoms with Crippen molar-refractivity contribution in [1.29, 1.82) is 0 Å². The van der Waals surface area contributed by atoms with Crippen LogP contribution in [0.3, 0.4) is 0 Å². The Kier molecular flexibility index (Phi) is 5.27. The smallest absolute Gasteiger partial charge is 0.249 e. The number of methoxy groups -OCH3 is 1. The first-order valence-corrected chi connectivity index (χ1v) is 9.29. The molecule has 0 spiro atoms. The van der Waals surface area contributed by atoms with E-state index in [-0.39, 0.29) is 0 Å². The minimum absolute atomic E-state index is 0.465. The molecule has 7 heteroatoms. The fraction of sp³-hybridized carbons (Fsp3) is 0.300. The van der Waals surface area contributed by atoms with E-state index in [0.717, 1.165) is 37.5 Å². The lowest BCUT2D eigenvalue weighted by Crippen LogP contribution is -2.46. The van der Waals surface area contributed by atoms with Gasteiger partial charge in [0.2, 0.25) is 11.8 Å². The highest BCUT2D eigenvalue weighted by molar-refractivity contribution is 6.33. The van der Waals surface area contributed by atoms with Crippen LogP contribution >= 0.6 is 11.6 Å². The Bertz CT molecular complexity index is 889. The standard InChI is InChI=1S/C20H21ClN4O2/c1-26-16-8-6-15(7-9-16)25-12-10-24(11-13-25)14-19-22-23-20(27-19)17-4-2-3-5-18(17)21/h2-9H,10-14H2,1H3. The fourth-order valence-electron chi connectivity index (χ4n) is 3.21. The van der Waals surface area contributed by atoms with Crippen molar-refractivity contribution in [3.63, 3.8) is 0 Å². The Morgan fingerprint density at radius 1 is 1.00 bits per heavy atom. The van der Waals surface area contributed by atoms with Gasteiger partial charge in [0.05, 0.1) is 24.2 Å². The van der Waals surface area contributed by atoms with Crippen molar-refractivity contribution in [2.24, 2.45) is 0 Å². The number of aromatic nitrogens is 2. The molecule has 0 N–H and O–H groups in total. The zero-order chi connectivity index (χ0) is 18.6. The van der Waals surface area contributed by atoms with Crippen molar-refractivity contribution < 1.29 is 9.15 Å². The molecule has 3 aromatic rings. The maximum atomic E-state index is 6.20. The highest BCUT2D eigenvalue weighted by atomic mass is 35.5. The first kappa shape index (κ1) is 17.8. The van der Waals surface area contributed by atoms with Crippen LogP contribution in [0, 0.1) is 0 Å². The summed E-state index contributed by atoms with van der Waals surface area (Å²) in [5.74, 6) is 1.96. The maximum Gasteiger partial charge on any atom is 0.249 e. The zero-order valence-electron chi connectivity index (χ0n) is 15.1. The summed E-state index contributed by atoms with van der Waals surface area (Å²) in [4.78, 5) is 4.70. The minimum Gasteiger partial charge on any atom is -0.497 e. The van der Waals surface area contributed by atoms with Crippen molar-refractivity contribution in [3.8, 4) is 17.2 Å². The Labute approximate surface area is 163 Å². The lowest BCUT2D eigenvalue weighted by molar-refractivity contribution is 0.227. The van der Waals surface area contributed by atoms with Crippen LogP contribution in [0.25, 0.3) is 11.5 Å². The number of piperazine rings is 1. The van der Waals surface area contributed by atoms with Crippen LogP contribution < -0.4 is 9.64 Å². The van der Waals surface area contributed by atoms with Gasteiger partial charge in [0.25, 0.3) is 0 Å². The summed E-state index contributed by atoms with van der Waals surface area (Å²) >= 11 is 6.20. The molecule has 6 nitrogen and oxygen atoms in total. The van der Waals surface area contributed by atoms with Crippen LogP contribution in [0.15, 0.2) is 52.9 Å². The van der Waals surface area contributed by atoms with E-state index in [1.54, 1.807) is 7.11 Å². The molecule has 0 bridgehead atoms. The molecule has 27 heavy (non-hydrogen) atoms. The van der Waals surface area contributed by atoms with E-state index in [9.17, 15) is 0 Å². The van der Waals surface area contributed by atoms with Crippen LogP contribution in [-0.2, 0) is 6.54 Å². The summed E-state index contributed by atoms with van der Waals surface area (Å²) in [6.45, 7) is 4.44. The Morgan fingerprint density at radius 2 is 1.74 bits per heavy atom. The van der Waals surface area contributed by atoms with Crippen LogP contribution in [0.4, 0.5) is 5.69 Å². The number of rotatable bonds is 5. The highest BCUT2D eigenvalue weighted by Crippen LogP contribution is 2.26. The molecule has 1 fully saturated rings. The molecule has 1 aromatic heterocycles. The lowest BCUT2D eigenvalue weighted by Gasteiger charge is -2.35. The second-order valence-electron chi connectivity index (χ2n) is 6.44. The molecule has 4 rings (SSSR count). The molecule has 0 saturated carbocycles. The molecule has 0 radical (unpaired) electrons. The fourth-order valence-corrected chi connectivity index (χ4v) is 3.43. The minimum atomic E-state index is 0.465. The van der Waals surface area contributed by atoms with Gasteiger partial charge in [-0.15, -0.1) is 10.2 Å².